The second-order valence-electron chi connectivity index (χ2n) is 6.35. The molecule has 0 unspecified atom stereocenters. The highest BCUT2D eigenvalue weighted by atomic mass is 16.3. The second kappa shape index (κ2) is 6.70. The van der Waals surface area contributed by atoms with Gasteiger partial charge in [0.15, 0.2) is 5.82 Å². The molecular weight excluding hydrogens is 316 g/mol. The molecule has 25 heavy (non-hydrogen) atoms. The third-order valence-corrected chi connectivity index (χ3v) is 4.66. The van der Waals surface area contributed by atoms with Crippen LogP contribution in [-0.2, 0) is 19.5 Å². The fraction of sp³-hybridized carbons (Fsp3) is 0.333. The van der Waals surface area contributed by atoms with E-state index in [4.69, 9.17) is 10.8 Å². The maximum absolute atomic E-state index is 9.01. The lowest BCUT2D eigenvalue weighted by Crippen LogP contribution is -2.31. The summed E-state index contributed by atoms with van der Waals surface area (Å²) in [6.45, 7) is 3.16. The first-order valence-corrected chi connectivity index (χ1v) is 8.52. The molecule has 5 N–H and O–H groups in total. The van der Waals surface area contributed by atoms with Crippen molar-refractivity contribution in [3.05, 3.63) is 47.0 Å². The molecule has 0 aliphatic carbocycles. The molecule has 4 rings (SSSR count). The van der Waals surface area contributed by atoms with Crippen LogP contribution in [0, 0.1) is 0 Å². The number of anilines is 2. The van der Waals surface area contributed by atoms with Gasteiger partial charge in [0.2, 0.25) is 0 Å². The van der Waals surface area contributed by atoms with Crippen LogP contribution in [0.2, 0.25) is 0 Å². The van der Waals surface area contributed by atoms with Crippen LogP contribution in [0.4, 0.5) is 11.6 Å². The summed E-state index contributed by atoms with van der Waals surface area (Å²) in [5, 5.41) is 19.5. The highest BCUT2D eigenvalue weighted by Crippen LogP contribution is 2.32. The summed E-state index contributed by atoms with van der Waals surface area (Å²) in [7, 11) is 0. The second-order valence-corrected chi connectivity index (χ2v) is 6.35. The lowest BCUT2D eigenvalue weighted by atomic mass is 9.98. The quantitative estimate of drug-likeness (QED) is 0.562. The minimum absolute atomic E-state index is 0.0413. The molecule has 130 valence electrons. The molecule has 1 aliphatic rings. The number of benzene rings is 1. The standard InChI is InChI=1S/C18H22N6O/c19-17-13-6-8-24(10-12-4-2-1-3-5-12)11-14(13)15-16(21-17)18(23-22-15)20-7-9-25/h1-5,25H,6-11H2,(H2,19,21)(H2,20,22,23). The number of nitrogen functional groups attached to an aromatic ring is 1. The van der Waals surface area contributed by atoms with E-state index in [1.54, 1.807) is 0 Å². The zero-order valence-corrected chi connectivity index (χ0v) is 14.0. The molecule has 0 amide bonds. The Balaban J connectivity index is 1.65. The number of nitrogens with two attached hydrogens (primary N) is 1. The largest absolute Gasteiger partial charge is 0.395 e. The SMILES string of the molecule is Nc1nc2c(NCCO)n[nH]c2c2c1CCN(Cc1ccccc1)C2. The van der Waals surface area contributed by atoms with Gasteiger partial charge in [0.05, 0.1) is 12.1 Å². The molecule has 1 aliphatic heterocycles. The van der Waals surface area contributed by atoms with Crippen molar-refractivity contribution in [1.29, 1.82) is 0 Å². The van der Waals surface area contributed by atoms with Crippen molar-refractivity contribution in [1.82, 2.24) is 20.1 Å². The van der Waals surface area contributed by atoms with E-state index < -0.39 is 0 Å². The van der Waals surface area contributed by atoms with Crippen LogP contribution in [0.15, 0.2) is 30.3 Å². The molecule has 0 fully saturated rings. The number of rotatable bonds is 5. The topological polar surface area (TPSA) is 103 Å². The summed E-state index contributed by atoms with van der Waals surface area (Å²) < 4.78 is 0. The Kier molecular flexibility index (Phi) is 4.25. The van der Waals surface area contributed by atoms with Crippen molar-refractivity contribution in [2.24, 2.45) is 0 Å². The average molecular weight is 338 g/mol. The lowest BCUT2D eigenvalue weighted by molar-refractivity contribution is 0.247. The van der Waals surface area contributed by atoms with Crippen LogP contribution in [0.25, 0.3) is 11.0 Å². The first-order valence-electron chi connectivity index (χ1n) is 8.52. The number of hydrogen-bond acceptors (Lipinski definition) is 6. The molecule has 0 spiro atoms. The average Bonchev–Trinajstić information content (AvgIpc) is 3.04. The number of aromatic amines is 1. The summed E-state index contributed by atoms with van der Waals surface area (Å²) in [6.07, 6.45) is 0.884. The van der Waals surface area contributed by atoms with Gasteiger partial charge in [0.25, 0.3) is 0 Å². The van der Waals surface area contributed by atoms with Gasteiger partial charge in [-0.15, -0.1) is 0 Å². The van der Waals surface area contributed by atoms with Crippen LogP contribution in [0.5, 0.6) is 0 Å². The van der Waals surface area contributed by atoms with Crippen molar-refractivity contribution in [3.63, 3.8) is 0 Å². The van der Waals surface area contributed by atoms with Crippen molar-refractivity contribution in [2.75, 3.05) is 30.7 Å². The zero-order valence-electron chi connectivity index (χ0n) is 14.0. The number of aliphatic hydroxyl groups is 1. The van der Waals surface area contributed by atoms with E-state index in [1.807, 2.05) is 6.07 Å². The minimum Gasteiger partial charge on any atom is -0.395 e. The van der Waals surface area contributed by atoms with Gasteiger partial charge in [-0.25, -0.2) is 4.98 Å². The van der Waals surface area contributed by atoms with Gasteiger partial charge < -0.3 is 16.2 Å². The Labute approximate surface area is 145 Å². The predicted molar refractivity (Wildman–Crippen MR) is 98.1 cm³/mol. The predicted octanol–water partition coefficient (Wildman–Crippen LogP) is 1.50. The highest BCUT2D eigenvalue weighted by Gasteiger charge is 2.24. The van der Waals surface area contributed by atoms with Gasteiger partial charge in [-0.3, -0.25) is 10.00 Å². The van der Waals surface area contributed by atoms with Crippen LogP contribution in [0.1, 0.15) is 16.7 Å². The van der Waals surface area contributed by atoms with Gasteiger partial charge in [-0.1, -0.05) is 30.3 Å². The number of aliphatic hydroxyl groups excluding tert-OH is 1. The van der Waals surface area contributed by atoms with Gasteiger partial charge in [-0.2, -0.15) is 5.10 Å². The maximum atomic E-state index is 9.01. The van der Waals surface area contributed by atoms with Crippen molar-refractivity contribution >= 4 is 22.7 Å². The Morgan fingerprint density at radius 1 is 1.24 bits per heavy atom. The summed E-state index contributed by atoms with van der Waals surface area (Å²) in [6, 6.07) is 10.5. The Morgan fingerprint density at radius 3 is 2.88 bits per heavy atom. The number of H-pyrrole nitrogens is 1. The van der Waals surface area contributed by atoms with E-state index in [0.717, 1.165) is 42.7 Å². The van der Waals surface area contributed by atoms with E-state index in [-0.39, 0.29) is 6.61 Å². The number of pyridine rings is 1. The molecular formula is C18H22N6O. The van der Waals surface area contributed by atoms with Crippen molar-refractivity contribution in [2.45, 2.75) is 19.5 Å². The van der Waals surface area contributed by atoms with E-state index in [9.17, 15) is 0 Å². The third-order valence-electron chi connectivity index (χ3n) is 4.66. The molecule has 0 bridgehead atoms. The number of nitrogens with zero attached hydrogens (tertiary/aromatic N) is 3. The maximum Gasteiger partial charge on any atom is 0.174 e. The third kappa shape index (κ3) is 3.04. The molecule has 2 aromatic heterocycles. The summed E-state index contributed by atoms with van der Waals surface area (Å²) >= 11 is 0. The van der Waals surface area contributed by atoms with Gasteiger partial charge in [0.1, 0.15) is 11.3 Å². The monoisotopic (exact) mass is 338 g/mol. The van der Waals surface area contributed by atoms with Gasteiger partial charge in [-0.05, 0) is 12.0 Å². The molecule has 7 heteroatoms. The van der Waals surface area contributed by atoms with Crippen LogP contribution in [0.3, 0.4) is 0 Å². The molecule has 0 saturated heterocycles. The molecule has 3 aromatic rings. The van der Waals surface area contributed by atoms with Crippen LogP contribution in [-0.4, -0.2) is 44.9 Å². The number of fused-ring (bicyclic) bond motifs is 3. The van der Waals surface area contributed by atoms with E-state index in [2.05, 4.69) is 49.7 Å². The number of aromatic nitrogens is 3. The molecule has 0 saturated carbocycles. The zero-order chi connectivity index (χ0) is 17.2. The Hall–Kier alpha value is -2.64. The molecule has 0 atom stereocenters. The first-order chi connectivity index (χ1) is 12.3. The minimum atomic E-state index is 0.0413. The summed E-state index contributed by atoms with van der Waals surface area (Å²) in [5.74, 6) is 1.22. The van der Waals surface area contributed by atoms with Crippen molar-refractivity contribution < 1.29 is 5.11 Å². The molecule has 3 heterocycles. The molecule has 1 aromatic carbocycles. The Morgan fingerprint density at radius 2 is 2.08 bits per heavy atom. The van der Waals surface area contributed by atoms with E-state index in [1.165, 1.54) is 11.1 Å². The fourth-order valence-corrected chi connectivity index (χ4v) is 3.45. The van der Waals surface area contributed by atoms with E-state index >= 15 is 0 Å². The fourth-order valence-electron chi connectivity index (χ4n) is 3.45. The number of nitrogens with one attached hydrogen (secondary N) is 2. The Bertz CT molecular complexity index is 876. The van der Waals surface area contributed by atoms with Gasteiger partial charge in [0, 0.05) is 37.3 Å². The first kappa shape index (κ1) is 15.9. The number of hydrogen-bond donors (Lipinski definition) is 4. The summed E-state index contributed by atoms with van der Waals surface area (Å²) in [5.41, 5.74) is 11.5. The van der Waals surface area contributed by atoms with E-state index in [0.29, 0.717) is 18.2 Å². The highest BCUT2D eigenvalue weighted by molar-refractivity contribution is 5.90. The van der Waals surface area contributed by atoms with Crippen LogP contribution >= 0.6 is 0 Å². The smallest absolute Gasteiger partial charge is 0.174 e. The van der Waals surface area contributed by atoms with Crippen LogP contribution < -0.4 is 11.1 Å². The van der Waals surface area contributed by atoms with Gasteiger partial charge >= 0.3 is 0 Å². The molecule has 0 radical (unpaired) electrons. The normalized spacial score (nSPS) is 14.6. The lowest BCUT2D eigenvalue weighted by Gasteiger charge is -2.29. The summed E-state index contributed by atoms with van der Waals surface area (Å²) in [4.78, 5) is 6.95. The van der Waals surface area contributed by atoms with Crippen molar-refractivity contribution in [3.8, 4) is 0 Å². The molecule has 7 nitrogen and oxygen atoms in total.